The van der Waals surface area contributed by atoms with E-state index in [0.29, 0.717) is 35.9 Å². The van der Waals surface area contributed by atoms with E-state index in [1.54, 1.807) is 31.2 Å². The molecule has 0 atom stereocenters. The van der Waals surface area contributed by atoms with Crippen molar-refractivity contribution in [1.29, 1.82) is 0 Å². The lowest BCUT2D eigenvalue weighted by atomic mass is 10.1. The normalized spacial score (nSPS) is 15.1. The summed E-state index contributed by atoms with van der Waals surface area (Å²) in [5.74, 6) is -0.284. The summed E-state index contributed by atoms with van der Waals surface area (Å²) < 4.78 is 24.7. The van der Waals surface area contributed by atoms with Crippen LogP contribution in [0.5, 0.6) is 5.88 Å². The van der Waals surface area contributed by atoms with E-state index in [9.17, 15) is 9.18 Å². The van der Waals surface area contributed by atoms with E-state index >= 15 is 0 Å². The van der Waals surface area contributed by atoms with Gasteiger partial charge in [0.1, 0.15) is 11.9 Å². The van der Waals surface area contributed by atoms with Crippen LogP contribution in [0.1, 0.15) is 28.8 Å². The highest BCUT2D eigenvalue weighted by molar-refractivity contribution is 6.04. The number of benzene rings is 1. The highest BCUT2D eigenvalue weighted by Crippen LogP contribution is 2.18. The number of carbonyl (C=O) groups is 1. The molecule has 0 saturated carbocycles. The van der Waals surface area contributed by atoms with Gasteiger partial charge in [0.2, 0.25) is 5.88 Å². The van der Waals surface area contributed by atoms with E-state index in [0.717, 1.165) is 12.8 Å². The summed E-state index contributed by atoms with van der Waals surface area (Å²) in [5.41, 5.74) is 1.35. The van der Waals surface area contributed by atoms with E-state index < -0.39 is 0 Å². The number of halogens is 1. The zero-order valence-electron chi connectivity index (χ0n) is 13.4. The van der Waals surface area contributed by atoms with Crippen molar-refractivity contribution in [2.75, 3.05) is 18.5 Å². The number of hydrogen-bond acceptors (Lipinski definition) is 4. The Labute approximate surface area is 139 Å². The SMILES string of the molecule is Cc1ccc(NC(=O)c2ccnc(OC3CCOCC3)c2)cc1F. The van der Waals surface area contributed by atoms with Crippen LogP contribution in [0.2, 0.25) is 0 Å². The molecule has 5 nitrogen and oxygen atoms in total. The molecule has 1 fully saturated rings. The van der Waals surface area contributed by atoms with Gasteiger partial charge in [-0.25, -0.2) is 9.37 Å². The van der Waals surface area contributed by atoms with Crippen molar-refractivity contribution in [2.45, 2.75) is 25.9 Å². The molecule has 0 bridgehead atoms. The molecule has 2 aromatic rings. The zero-order chi connectivity index (χ0) is 16.9. The zero-order valence-corrected chi connectivity index (χ0v) is 13.4. The van der Waals surface area contributed by atoms with Gasteiger partial charge >= 0.3 is 0 Å². The quantitative estimate of drug-likeness (QED) is 0.934. The Balaban J connectivity index is 1.68. The van der Waals surface area contributed by atoms with Crippen LogP contribution in [0.25, 0.3) is 0 Å². The number of amides is 1. The summed E-state index contributed by atoms with van der Waals surface area (Å²) in [6, 6.07) is 7.77. The number of hydrogen-bond donors (Lipinski definition) is 1. The van der Waals surface area contributed by atoms with Crippen molar-refractivity contribution in [3.8, 4) is 5.88 Å². The Hall–Kier alpha value is -2.47. The van der Waals surface area contributed by atoms with E-state index in [1.165, 1.54) is 12.3 Å². The molecular formula is C18H19FN2O3. The first-order chi connectivity index (χ1) is 11.6. The molecule has 1 aromatic carbocycles. The van der Waals surface area contributed by atoms with Crippen molar-refractivity contribution < 1.29 is 18.7 Å². The van der Waals surface area contributed by atoms with Crippen molar-refractivity contribution in [3.63, 3.8) is 0 Å². The second-order valence-electron chi connectivity index (χ2n) is 5.73. The second-order valence-corrected chi connectivity index (χ2v) is 5.73. The molecule has 126 valence electrons. The lowest BCUT2D eigenvalue weighted by Gasteiger charge is -2.22. The Morgan fingerprint density at radius 2 is 2.08 bits per heavy atom. The van der Waals surface area contributed by atoms with E-state index in [4.69, 9.17) is 9.47 Å². The molecule has 2 heterocycles. The molecule has 3 rings (SSSR count). The van der Waals surface area contributed by atoms with Crippen molar-refractivity contribution in [3.05, 3.63) is 53.5 Å². The number of nitrogens with one attached hydrogen (secondary N) is 1. The summed E-state index contributed by atoms with van der Waals surface area (Å²) in [4.78, 5) is 16.5. The van der Waals surface area contributed by atoms with Crippen LogP contribution in [-0.4, -0.2) is 30.2 Å². The molecule has 1 aromatic heterocycles. The van der Waals surface area contributed by atoms with Crippen LogP contribution in [0, 0.1) is 12.7 Å². The Bertz CT molecular complexity index is 730. The summed E-state index contributed by atoms with van der Waals surface area (Å²) in [5, 5.41) is 2.67. The van der Waals surface area contributed by atoms with Gasteiger partial charge in [-0.15, -0.1) is 0 Å². The number of anilines is 1. The maximum Gasteiger partial charge on any atom is 0.255 e. The molecule has 0 unspecified atom stereocenters. The second kappa shape index (κ2) is 7.40. The summed E-state index contributed by atoms with van der Waals surface area (Å²) in [6.07, 6.45) is 3.19. The van der Waals surface area contributed by atoms with E-state index in [1.807, 2.05) is 0 Å². The van der Waals surface area contributed by atoms with Gasteiger partial charge in [-0.3, -0.25) is 4.79 Å². The van der Waals surface area contributed by atoms with Gasteiger partial charge in [-0.2, -0.15) is 0 Å². The third-order valence-electron chi connectivity index (χ3n) is 3.88. The molecule has 6 heteroatoms. The fourth-order valence-corrected chi connectivity index (χ4v) is 2.45. The predicted molar refractivity (Wildman–Crippen MR) is 87.8 cm³/mol. The van der Waals surface area contributed by atoms with Crippen molar-refractivity contribution in [2.24, 2.45) is 0 Å². The molecular weight excluding hydrogens is 311 g/mol. The van der Waals surface area contributed by atoms with Crippen LogP contribution < -0.4 is 10.1 Å². The van der Waals surface area contributed by atoms with Gasteiger partial charge in [-0.1, -0.05) is 6.07 Å². The minimum Gasteiger partial charge on any atom is -0.474 e. The summed E-state index contributed by atoms with van der Waals surface area (Å²) in [6.45, 7) is 3.01. The largest absolute Gasteiger partial charge is 0.474 e. The van der Waals surface area contributed by atoms with Crippen LogP contribution in [0.4, 0.5) is 10.1 Å². The molecule has 24 heavy (non-hydrogen) atoms. The van der Waals surface area contributed by atoms with Gasteiger partial charge in [0.25, 0.3) is 5.91 Å². The molecule has 1 N–H and O–H groups in total. The predicted octanol–water partition coefficient (Wildman–Crippen LogP) is 3.34. The van der Waals surface area contributed by atoms with Gasteiger partial charge in [0, 0.05) is 36.4 Å². The topological polar surface area (TPSA) is 60.5 Å². The minimum absolute atomic E-state index is 0.0516. The lowest BCUT2D eigenvalue weighted by molar-refractivity contribution is 0.0237. The Kier molecular flexibility index (Phi) is 5.05. The highest BCUT2D eigenvalue weighted by Gasteiger charge is 2.17. The molecule has 1 amide bonds. The third-order valence-corrected chi connectivity index (χ3v) is 3.88. The number of aryl methyl sites for hydroxylation is 1. The number of aromatic nitrogens is 1. The Morgan fingerprint density at radius 1 is 1.29 bits per heavy atom. The number of pyridine rings is 1. The number of rotatable bonds is 4. The first-order valence-corrected chi connectivity index (χ1v) is 7.90. The van der Waals surface area contributed by atoms with Crippen LogP contribution >= 0.6 is 0 Å². The van der Waals surface area contributed by atoms with Gasteiger partial charge in [0.15, 0.2) is 0 Å². The average Bonchev–Trinajstić information content (AvgIpc) is 2.59. The fourth-order valence-electron chi connectivity index (χ4n) is 2.45. The van der Waals surface area contributed by atoms with Crippen LogP contribution in [-0.2, 0) is 4.74 Å². The maximum atomic E-state index is 13.6. The lowest BCUT2D eigenvalue weighted by Crippen LogP contribution is -2.26. The van der Waals surface area contributed by atoms with E-state index in [2.05, 4.69) is 10.3 Å². The smallest absolute Gasteiger partial charge is 0.255 e. The standard InChI is InChI=1S/C18H19FN2O3/c1-12-2-3-14(11-16(12)19)21-18(22)13-4-7-20-17(10-13)24-15-5-8-23-9-6-15/h2-4,7,10-11,15H,5-6,8-9H2,1H3,(H,21,22). The number of ether oxygens (including phenoxy) is 2. The van der Waals surface area contributed by atoms with Gasteiger partial charge in [0.05, 0.1) is 13.2 Å². The molecule has 1 aliphatic heterocycles. The average molecular weight is 330 g/mol. The number of nitrogens with zero attached hydrogens (tertiary/aromatic N) is 1. The summed E-state index contributed by atoms with van der Waals surface area (Å²) in [7, 11) is 0. The monoisotopic (exact) mass is 330 g/mol. The third kappa shape index (κ3) is 4.08. The first kappa shape index (κ1) is 16.4. The highest BCUT2D eigenvalue weighted by atomic mass is 19.1. The number of carbonyl (C=O) groups excluding carboxylic acids is 1. The molecule has 0 radical (unpaired) electrons. The van der Waals surface area contributed by atoms with Crippen LogP contribution in [0.3, 0.4) is 0 Å². The molecule has 0 spiro atoms. The van der Waals surface area contributed by atoms with Crippen molar-refractivity contribution >= 4 is 11.6 Å². The maximum absolute atomic E-state index is 13.6. The molecule has 1 aliphatic rings. The minimum atomic E-state index is -0.355. The molecule has 1 saturated heterocycles. The summed E-state index contributed by atoms with van der Waals surface area (Å²) >= 11 is 0. The first-order valence-electron chi connectivity index (χ1n) is 7.90. The molecule has 0 aliphatic carbocycles. The fraction of sp³-hybridized carbons (Fsp3) is 0.333. The van der Waals surface area contributed by atoms with E-state index in [-0.39, 0.29) is 17.8 Å². The van der Waals surface area contributed by atoms with Crippen molar-refractivity contribution in [1.82, 2.24) is 4.98 Å². The Morgan fingerprint density at radius 3 is 2.83 bits per heavy atom. The van der Waals surface area contributed by atoms with Crippen LogP contribution in [0.15, 0.2) is 36.5 Å². The van der Waals surface area contributed by atoms with Gasteiger partial charge < -0.3 is 14.8 Å². The van der Waals surface area contributed by atoms with Gasteiger partial charge in [-0.05, 0) is 30.7 Å².